The van der Waals surface area contributed by atoms with Gasteiger partial charge in [0, 0.05) is 19.5 Å². The van der Waals surface area contributed by atoms with Crippen molar-refractivity contribution in [3.63, 3.8) is 0 Å². The van der Waals surface area contributed by atoms with Gasteiger partial charge in [0.25, 0.3) is 0 Å². The summed E-state index contributed by atoms with van der Waals surface area (Å²) >= 11 is 0. The number of hydrogen-bond donors (Lipinski definition) is 3. The molecule has 1 saturated heterocycles. The van der Waals surface area contributed by atoms with E-state index in [4.69, 9.17) is 0 Å². The van der Waals surface area contributed by atoms with Crippen molar-refractivity contribution in [3.05, 3.63) is 30.3 Å². The van der Waals surface area contributed by atoms with E-state index in [9.17, 15) is 13.2 Å². The molecule has 1 fully saturated rings. The molecular weight excluding hydrogens is 350 g/mol. The highest BCUT2D eigenvalue weighted by Crippen LogP contribution is 2.26. The molecule has 0 saturated carbocycles. The summed E-state index contributed by atoms with van der Waals surface area (Å²) in [5.74, 6) is -0.125. The number of sulfonamides is 1. The molecule has 3 N–H and O–H groups in total. The Labute approximate surface area is 150 Å². The van der Waals surface area contributed by atoms with Gasteiger partial charge in [0.15, 0.2) is 0 Å². The molecule has 0 aliphatic carbocycles. The number of rotatable bonds is 7. The zero-order valence-electron chi connectivity index (χ0n) is 13.9. The summed E-state index contributed by atoms with van der Waals surface area (Å²) in [6, 6.07) is 8.15. The molecule has 0 aromatic heterocycles. The lowest BCUT2D eigenvalue weighted by molar-refractivity contribution is -0.121. The van der Waals surface area contributed by atoms with Crippen LogP contribution in [0.5, 0.6) is 0 Å². The first-order chi connectivity index (χ1) is 10.9. The summed E-state index contributed by atoms with van der Waals surface area (Å²) in [7, 11) is -3.54. The minimum absolute atomic E-state index is 0. The van der Waals surface area contributed by atoms with E-state index in [1.807, 2.05) is 0 Å². The minimum atomic E-state index is -3.54. The number of nitrogens with one attached hydrogen (secondary N) is 3. The lowest BCUT2D eigenvalue weighted by Crippen LogP contribution is -2.43. The number of hydrogen-bond acceptors (Lipinski definition) is 4. The van der Waals surface area contributed by atoms with Crippen molar-refractivity contribution in [1.82, 2.24) is 15.4 Å². The molecule has 1 aliphatic rings. The second kappa shape index (κ2) is 9.36. The number of carbonyl (C=O) groups excluding carboxylic acids is 1. The van der Waals surface area contributed by atoms with E-state index in [-0.39, 0.29) is 41.6 Å². The molecule has 24 heavy (non-hydrogen) atoms. The fraction of sp³-hybridized carbons (Fsp3) is 0.562. The van der Waals surface area contributed by atoms with Crippen molar-refractivity contribution in [2.75, 3.05) is 26.2 Å². The highest BCUT2D eigenvalue weighted by atomic mass is 35.5. The van der Waals surface area contributed by atoms with Crippen LogP contribution in [0.4, 0.5) is 0 Å². The van der Waals surface area contributed by atoms with E-state index in [2.05, 4.69) is 22.3 Å². The molecule has 0 radical (unpaired) electrons. The van der Waals surface area contributed by atoms with Crippen LogP contribution in [0.2, 0.25) is 0 Å². The molecular formula is C16H26ClN3O3S. The highest BCUT2D eigenvalue weighted by Gasteiger charge is 2.26. The Kier molecular flexibility index (Phi) is 8.15. The topological polar surface area (TPSA) is 87.3 Å². The SMILES string of the molecule is CC1(CNC(=O)CCNS(=O)(=O)c2ccccc2)CCNCC1.Cl. The monoisotopic (exact) mass is 375 g/mol. The van der Waals surface area contributed by atoms with Gasteiger partial charge in [-0.05, 0) is 43.5 Å². The maximum absolute atomic E-state index is 12.0. The smallest absolute Gasteiger partial charge is 0.240 e. The van der Waals surface area contributed by atoms with Crippen LogP contribution >= 0.6 is 12.4 Å². The Bertz CT molecular complexity index is 617. The number of carbonyl (C=O) groups is 1. The molecule has 1 amide bonds. The van der Waals surface area contributed by atoms with Crippen LogP contribution in [0.3, 0.4) is 0 Å². The first-order valence-electron chi connectivity index (χ1n) is 7.93. The predicted molar refractivity (Wildman–Crippen MR) is 96.7 cm³/mol. The molecule has 1 heterocycles. The third-order valence-corrected chi connectivity index (χ3v) is 5.70. The molecule has 1 aliphatic heterocycles. The van der Waals surface area contributed by atoms with Crippen molar-refractivity contribution in [2.45, 2.75) is 31.1 Å². The van der Waals surface area contributed by atoms with E-state index in [1.54, 1.807) is 18.2 Å². The molecule has 1 aromatic rings. The minimum Gasteiger partial charge on any atom is -0.356 e. The molecule has 0 atom stereocenters. The highest BCUT2D eigenvalue weighted by molar-refractivity contribution is 7.89. The Balaban J connectivity index is 0.00000288. The first kappa shape index (κ1) is 20.9. The van der Waals surface area contributed by atoms with Crippen LogP contribution in [0, 0.1) is 5.41 Å². The first-order valence-corrected chi connectivity index (χ1v) is 9.42. The van der Waals surface area contributed by atoms with Gasteiger partial charge in [-0.25, -0.2) is 13.1 Å². The van der Waals surface area contributed by atoms with Gasteiger partial charge in [-0.3, -0.25) is 4.79 Å². The van der Waals surface area contributed by atoms with Gasteiger partial charge in [-0.15, -0.1) is 12.4 Å². The number of piperidine rings is 1. The Morgan fingerprint density at radius 3 is 2.46 bits per heavy atom. The van der Waals surface area contributed by atoms with E-state index in [0.717, 1.165) is 25.9 Å². The molecule has 1 aromatic carbocycles. The predicted octanol–water partition coefficient (Wildman–Crippen LogP) is 1.28. The molecule has 0 bridgehead atoms. The van der Waals surface area contributed by atoms with Crippen molar-refractivity contribution < 1.29 is 13.2 Å². The Morgan fingerprint density at radius 2 is 1.83 bits per heavy atom. The van der Waals surface area contributed by atoms with Crippen LogP contribution in [0.25, 0.3) is 0 Å². The van der Waals surface area contributed by atoms with Crippen molar-refractivity contribution in [3.8, 4) is 0 Å². The van der Waals surface area contributed by atoms with E-state index in [0.29, 0.717) is 6.54 Å². The third-order valence-electron chi connectivity index (χ3n) is 4.22. The summed E-state index contributed by atoms with van der Waals surface area (Å²) in [6.45, 7) is 4.86. The van der Waals surface area contributed by atoms with Gasteiger partial charge in [0.05, 0.1) is 4.90 Å². The lowest BCUT2D eigenvalue weighted by Gasteiger charge is -2.34. The molecule has 0 unspecified atom stereocenters. The maximum Gasteiger partial charge on any atom is 0.240 e. The average molecular weight is 376 g/mol. The maximum atomic E-state index is 12.0. The third kappa shape index (κ3) is 6.39. The summed E-state index contributed by atoms with van der Waals surface area (Å²) in [5, 5.41) is 6.22. The van der Waals surface area contributed by atoms with Gasteiger partial charge in [0.1, 0.15) is 0 Å². The van der Waals surface area contributed by atoms with Crippen molar-refractivity contribution in [2.24, 2.45) is 5.41 Å². The quantitative estimate of drug-likeness (QED) is 0.670. The standard InChI is InChI=1S/C16H25N3O3S.ClH/c1-16(8-11-17-12-9-16)13-18-15(20)7-10-19-23(21,22)14-5-3-2-4-6-14;/h2-6,17,19H,7-13H2,1H3,(H,18,20);1H. The van der Waals surface area contributed by atoms with E-state index in [1.165, 1.54) is 12.1 Å². The van der Waals surface area contributed by atoms with Crippen molar-refractivity contribution in [1.29, 1.82) is 0 Å². The van der Waals surface area contributed by atoms with Gasteiger partial charge in [-0.2, -0.15) is 0 Å². The van der Waals surface area contributed by atoms with Gasteiger partial charge >= 0.3 is 0 Å². The zero-order chi connectivity index (χ0) is 16.8. The number of benzene rings is 1. The summed E-state index contributed by atoms with van der Waals surface area (Å²) in [5.41, 5.74) is 0.129. The van der Waals surface area contributed by atoms with Crippen molar-refractivity contribution >= 4 is 28.3 Å². The normalized spacial score (nSPS) is 16.9. The van der Waals surface area contributed by atoms with Gasteiger partial charge in [0.2, 0.25) is 15.9 Å². The van der Waals surface area contributed by atoms with E-state index >= 15 is 0 Å². The fourth-order valence-corrected chi connectivity index (χ4v) is 3.64. The molecule has 8 heteroatoms. The molecule has 2 rings (SSSR count). The van der Waals surface area contributed by atoms with Gasteiger partial charge < -0.3 is 10.6 Å². The molecule has 6 nitrogen and oxygen atoms in total. The molecule has 136 valence electrons. The Hall–Kier alpha value is -1.15. The number of halogens is 1. The Morgan fingerprint density at radius 1 is 1.21 bits per heavy atom. The fourth-order valence-electron chi connectivity index (χ4n) is 2.59. The summed E-state index contributed by atoms with van der Waals surface area (Å²) in [6.07, 6.45) is 2.21. The lowest BCUT2D eigenvalue weighted by atomic mass is 9.81. The summed E-state index contributed by atoms with van der Waals surface area (Å²) < 4.78 is 26.5. The zero-order valence-corrected chi connectivity index (χ0v) is 15.5. The average Bonchev–Trinajstić information content (AvgIpc) is 2.54. The largest absolute Gasteiger partial charge is 0.356 e. The van der Waals surface area contributed by atoms with Crippen LogP contribution in [-0.4, -0.2) is 40.5 Å². The second-order valence-electron chi connectivity index (χ2n) is 6.30. The van der Waals surface area contributed by atoms with Crippen LogP contribution in [0.15, 0.2) is 35.2 Å². The van der Waals surface area contributed by atoms with Crippen LogP contribution in [-0.2, 0) is 14.8 Å². The second-order valence-corrected chi connectivity index (χ2v) is 8.07. The van der Waals surface area contributed by atoms with Crippen LogP contribution < -0.4 is 15.4 Å². The number of amides is 1. The van der Waals surface area contributed by atoms with E-state index < -0.39 is 10.0 Å². The molecule has 0 spiro atoms. The van der Waals surface area contributed by atoms with Crippen LogP contribution in [0.1, 0.15) is 26.2 Å². The van der Waals surface area contributed by atoms with Gasteiger partial charge in [-0.1, -0.05) is 25.1 Å². The summed E-state index contributed by atoms with van der Waals surface area (Å²) in [4.78, 5) is 12.1.